The molecule has 2 aromatic rings. The predicted octanol–water partition coefficient (Wildman–Crippen LogP) is 3.38. The van der Waals surface area contributed by atoms with Crippen molar-refractivity contribution in [3.05, 3.63) is 38.9 Å². The van der Waals surface area contributed by atoms with Crippen molar-refractivity contribution in [2.24, 2.45) is 0 Å². The first-order valence-electron chi connectivity index (χ1n) is 9.37. The Morgan fingerprint density at radius 3 is 2.28 bits per heavy atom. The van der Waals surface area contributed by atoms with Crippen LogP contribution in [0.5, 0.6) is 23.0 Å². The zero-order valence-corrected chi connectivity index (χ0v) is 17.2. The van der Waals surface area contributed by atoms with E-state index in [0.29, 0.717) is 23.7 Å². The van der Waals surface area contributed by atoms with Gasteiger partial charge in [0.1, 0.15) is 0 Å². The summed E-state index contributed by atoms with van der Waals surface area (Å²) >= 11 is 0. The normalized spacial score (nSPS) is 17.2. The van der Waals surface area contributed by atoms with Gasteiger partial charge in [-0.1, -0.05) is 0 Å². The second-order valence-corrected chi connectivity index (χ2v) is 7.25. The molecule has 8 heteroatoms. The average molecular weight is 400 g/mol. The van der Waals surface area contributed by atoms with E-state index in [4.69, 9.17) is 18.9 Å². The van der Waals surface area contributed by atoms with Gasteiger partial charge < -0.3 is 18.9 Å². The largest absolute Gasteiger partial charge is 0.493 e. The van der Waals surface area contributed by atoms with Crippen LogP contribution in [0.25, 0.3) is 11.1 Å². The molecular formula is C21H24N2O6. The summed E-state index contributed by atoms with van der Waals surface area (Å²) in [5.74, 6) is 1.80. The Morgan fingerprint density at radius 2 is 1.69 bits per heavy atom. The molecule has 0 N–H and O–H groups in total. The van der Waals surface area contributed by atoms with Crippen molar-refractivity contribution in [3.63, 3.8) is 0 Å². The van der Waals surface area contributed by atoms with E-state index in [0.717, 1.165) is 40.8 Å². The lowest BCUT2D eigenvalue weighted by Gasteiger charge is -2.40. The number of fused-ring (bicyclic) bond motifs is 2. The van der Waals surface area contributed by atoms with E-state index in [9.17, 15) is 10.1 Å². The summed E-state index contributed by atoms with van der Waals surface area (Å²) in [6, 6.07) is 3.91. The van der Waals surface area contributed by atoms with Crippen LogP contribution in [0.1, 0.15) is 22.7 Å². The molecule has 4 rings (SSSR count). The number of nitro groups is 1. The van der Waals surface area contributed by atoms with Gasteiger partial charge >= 0.3 is 5.69 Å². The maximum Gasteiger partial charge on any atom is 0.318 e. The fraction of sp³-hybridized carbons (Fsp3) is 0.429. The summed E-state index contributed by atoms with van der Waals surface area (Å²) in [4.78, 5) is 13.9. The summed E-state index contributed by atoms with van der Waals surface area (Å²) in [7, 11) is 8.20. The number of ether oxygens (including phenoxy) is 4. The van der Waals surface area contributed by atoms with Crippen LogP contribution in [0.15, 0.2) is 12.1 Å². The number of methoxy groups -OCH3 is 4. The van der Waals surface area contributed by atoms with Crippen LogP contribution < -0.4 is 18.9 Å². The molecule has 1 atom stereocenters. The van der Waals surface area contributed by atoms with E-state index >= 15 is 0 Å². The molecular weight excluding hydrogens is 376 g/mol. The van der Waals surface area contributed by atoms with E-state index in [1.165, 1.54) is 14.2 Å². The van der Waals surface area contributed by atoms with Gasteiger partial charge in [0.25, 0.3) is 0 Å². The molecule has 2 aromatic carbocycles. The summed E-state index contributed by atoms with van der Waals surface area (Å²) in [5, 5.41) is 12.0. The number of nitro benzene ring substituents is 1. The quantitative estimate of drug-likeness (QED) is 0.562. The number of hydrogen-bond acceptors (Lipinski definition) is 7. The highest BCUT2D eigenvalue weighted by Gasteiger charge is 2.42. The molecule has 0 bridgehead atoms. The van der Waals surface area contributed by atoms with E-state index in [-0.39, 0.29) is 22.4 Å². The maximum absolute atomic E-state index is 12.0. The molecule has 0 radical (unpaired) electrons. The Hall–Kier alpha value is -3.00. The number of likely N-dealkylation sites (N-methyl/N-ethyl adjacent to an activating group) is 1. The number of nitrogens with zero attached hydrogens (tertiary/aromatic N) is 2. The van der Waals surface area contributed by atoms with Gasteiger partial charge in [0.05, 0.1) is 33.4 Å². The van der Waals surface area contributed by atoms with Crippen molar-refractivity contribution in [1.29, 1.82) is 0 Å². The van der Waals surface area contributed by atoms with E-state index in [2.05, 4.69) is 4.90 Å². The summed E-state index contributed by atoms with van der Waals surface area (Å²) in [6.07, 6.45) is 1.30. The minimum Gasteiger partial charge on any atom is -0.493 e. The second-order valence-electron chi connectivity index (χ2n) is 7.25. The van der Waals surface area contributed by atoms with Crippen molar-refractivity contribution < 1.29 is 23.9 Å². The molecule has 1 aliphatic carbocycles. The monoisotopic (exact) mass is 400 g/mol. The number of benzene rings is 2. The minimum atomic E-state index is -0.358. The van der Waals surface area contributed by atoms with Crippen LogP contribution in [0, 0.1) is 10.1 Å². The zero-order chi connectivity index (χ0) is 20.9. The van der Waals surface area contributed by atoms with Gasteiger partial charge in [0, 0.05) is 23.7 Å². The Bertz CT molecular complexity index is 1000. The SMILES string of the molecule is COc1cc2c(cc1OC)-c1c(OC)c(OC)c([N+](=O)[O-])c3c1C(C2)N(C)CC3. The highest BCUT2D eigenvalue weighted by Crippen LogP contribution is 2.57. The van der Waals surface area contributed by atoms with Crippen LogP contribution in [-0.2, 0) is 12.8 Å². The Morgan fingerprint density at radius 1 is 1.03 bits per heavy atom. The molecule has 1 aliphatic heterocycles. The van der Waals surface area contributed by atoms with Crippen molar-refractivity contribution in [2.45, 2.75) is 18.9 Å². The molecule has 0 spiro atoms. The first-order valence-corrected chi connectivity index (χ1v) is 9.37. The minimum absolute atomic E-state index is 0.00475. The van der Waals surface area contributed by atoms with Crippen LogP contribution in [0.4, 0.5) is 5.69 Å². The molecule has 0 aromatic heterocycles. The van der Waals surface area contributed by atoms with Crippen molar-refractivity contribution >= 4 is 5.69 Å². The maximum atomic E-state index is 12.0. The third kappa shape index (κ3) is 2.70. The van der Waals surface area contributed by atoms with Crippen molar-refractivity contribution in [2.75, 3.05) is 42.0 Å². The third-order valence-electron chi connectivity index (χ3n) is 5.99. The summed E-state index contributed by atoms with van der Waals surface area (Å²) < 4.78 is 22.2. The lowest BCUT2D eigenvalue weighted by molar-refractivity contribution is -0.386. The topological polar surface area (TPSA) is 83.3 Å². The fourth-order valence-electron chi connectivity index (χ4n) is 4.68. The lowest BCUT2D eigenvalue weighted by Crippen LogP contribution is -2.36. The van der Waals surface area contributed by atoms with Gasteiger partial charge in [-0.25, -0.2) is 0 Å². The Kier molecular flexibility index (Phi) is 4.74. The molecule has 1 unspecified atom stereocenters. The van der Waals surface area contributed by atoms with Crippen LogP contribution in [0.3, 0.4) is 0 Å². The molecule has 154 valence electrons. The number of rotatable bonds is 5. The van der Waals surface area contributed by atoms with Crippen LogP contribution >= 0.6 is 0 Å². The second kappa shape index (κ2) is 7.11. The lowest BCUT2D eigenvalue weighted by atomic mass is 9.75. The molecule has 0 saturated carbocycles. The average Bonchev–Trinajstić information content (AvgIpc) is 2.73. The highest BCUT2D eigenvalue weighted by molar-refractivity contribution is 5.88. The number of hydrogen-bond donors (Lipinski definition) is 0. The molecule has 8 nitrogen and oxygen atoms in total. The van der Waals surface area contributed by atoms with Crippen LogP contribution in [0.2, 0.25) is 0 Å². The smallest absolute Gasteiger partial charge is 0.318 e. The summed E-state index contributed by atoms with van der Waals surface area (Å²) in [5.41, 5.74) is 4.52. The van der Waals surface area contributed by atoms with Gasteiger partial charge in [0.15, 0.2) is 17.2 Å². The van der Waals surface area contributed by atoms with Gasteiger partial charge in [0.2, 0.25) is 5.75 Å². The van der Waals surface area contributed by atoms with E-state index in [1.807, 2.05) is 19.2 Å². The van der Waals surface area contributed by atoms with Crippen molar-refractivity contribution in [1.82, 2.24) is 4.90 Å². The Balaban J connectivity index is 2.14. The highest BCUT2D eigenvalue weighted by atomic mass is 16.6. The molecule has 0 fully saturated rings. The first-order chi connectivity index (χ1) is 14.0. The van der Waals surface area contributed by atoms with E-state index in [1.54, 1.807) is 14.2 Å². The zero-order valence-electron chi connectivity index (χ0n) is 17.2. The van der Waals surface area contributed by atoms with E-state index < -0.39 is 0 Å². The van der Waals surface area contributed by atoms with Crippen molar-refractivity contribution in [3.8, 4) is 34.1 Å². The third-order valence-corrected chi connectivity index (χ3v) is 5.99. The summed E-state index contributed by atoms with van der Waals surface area (Å²) in [6.45, 7) is 0.732. The van der Waals surface area contributed by atoms with Gasteiger partial charge in [-0.2, -0.15) is 0 Å². The van der Waals surface area contributed by atoms with Gasteiger partial charge in [-0.05, 0) is 48.7 Å². The molecule has 29 heavy (non-hydrogen) atoms. The molecule has 0 saturated heterocycles. The predicted molar refractivity (Wildman–Crippen MR) is 108 cm³/mol. The molecule has 1 heterocycles. The fourth-order valence-corrected chi connectivity index (χ4v) is 4.68. The molecule has 2 aliphatic rings. The molecule has 0 amide bonds. The van der Waals surface area contributed by atoms with Gasteiger partial charge in [-0.15, -0.1) is 0 Å². The van der Waals surface area contributed by atoms with Crippen LogP contribution in [-0.4, -0.2) is 51.9 Å². The standard InChI is InChI=1S/C21H24N2O6/c1-22-7-6-12-17-14(22)8-11-9-15(26-2)16(27-3)10-13(11)18(17)20(28-4)21(29-5)19(12)23(24)25/h9-10,14H,6-8H2,1-5H3. The first kappa shape index (κ1) is 19.3. The Labute approximate surface area is 169 Å². The van der Waals surface area contributed by atoms with Gasteiger partial charge in [-0.3, -0.25) is 15.0 Å².